The van der Waals surface area contributed by atoms with E-state index in [0.717, 1.165) is 48.6 Å². The molecule has 1 aliphatic heterocycles. The lowest BCUT2D eigenvalue weighted by atomic mass is 10.0. The molecule has 6 nitrogen and oxygen atoms in total. The number of aryl methyl sites for hydroxylation is 1. The number of fused-ring (bicyclic) bond motifs is 1. The SMILES string of the molecule is COc1ccc(C(CNC(=O)Cn2c(C)cc3ccccc32)N2CCOCC2)cc1. The lowest BCUT2D eigenvalue weighted by Gasteiger charge is -2.35. The van der Waals surface area contributed by atoms with Crippen LogP contribution in [-0.2, 0) is 16.1 Å². The lowest BCUT2D eigenvalue weighted by molar-refractivity contribution is -0.122. The number of methoxy groups -OCH3 is 1. The van der Waals surface area contributed by atoms with Crippen LogP contribution in [0.5, 0.6) is 5.75 Å². The van der Waals surface area contributed by atoms with Gasteiger partial charge in [-0.15, -0.1) is 0 Å². The van der Waals surface area contributed by atoms with Crippen molar-refractivity contribution in [2.75, 3.05) is 40.0 Å². The van der Waals surface area contributed by atoms with Crippen molar-refractivity contribution >= 4 is 16.8 Å². The quantitative estimate of drug-likeness (QED) is 0.654. The zero-order chi connectivity index (χ0) is 20.9. The molecule has 0 spiro atoms. The van der Waals surface area contributed by atoms with E-state index in [0.29, 0.717) is 13.1 Å². The topological polar surface area (TPSA) is 55.7 Å². The number of benzene rings is 2. The van der Waals surface area contributed by atoms with Gasteiger partial charge in [0.05, 0.1) is 26.4 Å². The number of hydrogen-bond donors (Lipinski definition) is 1. The van der Waals surface area contributed by atoms with Gasteiger partial charge in [-0.2, -0.15) is 0 Å². The summed E-state index contributed by atoms with van der Waals surface area (Å²) in [7, 11) is 1.67. The summed E-state index contributed by atoms with van der Waals surface area (Å²) in [5.41, 5.74) is 3.34. The summed E-state index contributed by atoms with van der Waals surface area (Å²) in [6, 6.07) is 18.5. The Kier molecular flexibility index (Phi) is 6.35. The number of carbonyl (C=O) groups is 1. The standard InChI is InChI=1S/C24H29N3O3/c1-18-15-20-5-3-4-6-22(20)27(18)17-24(28)25-16-23(26-11-13-30-14-12-26)19-7-9-21(29-2)10-8-19/h3-10,15,23H,11-14,16-17H2,1-2H3,(H,25,28). The van der Waals surface area contributed by atoms with Gasteiger partial charge in [-0.05, 0) is 42.1 Å². The first-order chi connectivity index (χ1) is 14.7. The zero-order valence-electron chi connectivity index (χ0n) is 17.6. The summed E-state index contributed by atoms with van der Waals surface area (Å²) < 4.78 is 12.9. The molecule has 1 aromatic heterocycles. The van der Waals surface area contributed by atoms with Crippen LogP contribution in [0.1, 0.15) is 17.3 Å². The fraction of sp³-hybridized carbons (Fsp3) is 0.375. The third-order valence-electron chi connectivity index (χ3n) is 5.80. The zero-order valence-corrected chi connectivity index (χ0v) is 17.6. The Balaban J connectivity index is 1.47. The Morgan fingerprint density at radius 1 is 1.13 bits per heavy atom. The minimum absolute atomic E-state index is 0.0197. The maximum absolute atomic E-state index is 12.8. The molecule has 0 aliphatic carbocycles. The minimum Gasteiger partial charge on any atom is -0.497 e. The predicted molar refractivity (Wildman–Crippen MR) is 118 cm³/mol. The molecule has 6 heteroatoms. The van der Waals surface area contributed by atoms with Gasteiger partial charge in [-0.1, -0.05) is 30.3 Å². The van der Waals surface area contributed by atoms with Crippen LogP contribution in [-0.4, -0.2) is 55.3 Å². The Bertz CT molecular complexity index is 991. The van der Waals surface area contributed by atoms with E-state index < -0.39 is 0 Å². The van der Waals surface area contributed by atoms with Crippen LogP contribution in [0, 0.1) is 6.92 Å². The van der Waals surface area contributed by atoms with Gasteiger partial charge in [-0.3, -0.25) is 9.69 Å². The molecule has 0 bridgehead atoms. The maximum Gasteiger partial charge on any atom is 0.240 e. The van der Waals surface area contributed by atoms with Crippen LogP contribution in [0.25, 0.3) is 10.9 Å². The Morgan fingerprint density at radius 3 is 2.60 bits per heavy atom. The molecule has 158 valence electrons. The van der Waals surface area contributed by atoms with Gasteiger partial charge in [0.15, 0.2) is 0 Å². The molecule has 0 radical (unpaired) electrons. The van der Waals surface area contributed by atoms with Crippen molar-refractivity contribution < 1.29 is 14.3 Å². The van der Waals surface area contributed by atoms with Crippen molar-refractivity contribution in [3.8, 4) is 5.75 Å². The van der Waals surface area contributed by atoms with Crippen molar-refractivity contribution in [2.24, 2.45) is 0 Å². The number of hydrogen-bond acceptors (Lipinski definition) is 4. The molecule has 3 aromatic rings. The fourth-order valence-corrected chi connectivity index (χ4v) is 4.14. The highest BCUT2D eigenvalue weighted by atomic mass is 16.5. The maximum atomic E-state index is 12.8. The predicted octanol–water partition coefficient (Wildman–Crippen LogP) is 3.15. The third-order valence-corrected chi connectivity index (χ3v) is 5.80. The normalized spacial score (nSPS) is 15.8. The molecule has 1 unspecified atom stereocenters. The van der Waals surface area contributed by atoms with Gasteiger partial charge < -0.3 is 19.4 Å². The number of ether oxygens (including phenoxy) is 2. The molecular formula is C24H29N3O3. The van der Waals surface area contributed by atoms with E-state index in [1.165, 1.54) is 5.56 Å². The monoisotopic (exact) mass is 407 g/mol. The average molecular weight is 408 g/mol. The molecule has 1 amide bonds. The number of rotatable bonds is 7. The first-order valence-corrected chi connectivity index (χ1v) is 10.4. The van der Waals surface area contributed by atoms with E-state index in [2.05, 4.69) is 45.1 Å². The molecule has 1 N–H and O–H groups in total. The van der Waals surface area contributed by atoms with Crippen molar-refractivity contribution in [1.82, 2.24) is 14.8 Å². The van der Waals surface area contributed by atoms with Gasteiger partial charge >= 0.3 is 0 Å². The average Bonchev–Trinajstić information content (AvgIpc) is 3.10. The van der Waals surface area contributed by atoms with Crippen LogP contribution < -0.4 is 10.1 Å². The summed E-state index contributed by atoms with van der Waals surface area (Å²) in [5, 5.41) is 4.32. The first-order valence-electron chi connectivity index (χ1n) is 10.4. The van der Waals surface area contributed by atoms with Crippen LogP contribution >= 0.6 is 0 Å². The van der Waals surface area contributed by atoms with E-state index in [-0.39, 0.29) is 11.9 Å². The number of para-hydroxylation sites is 1. The number of carbonyl (C=O) groups excluding carboxylic acids is 1. The smallest absolute Gasteiger partial charge is 0.240 e. The summed E-state index contributed by atoms with van der Waals surface area (Å²) in [4.78, 5) is 15.2. The second-order valence-corrected chi connectivity index (χ2v) is 7.67. The summed E-state index contributed by atoms with van der Waals surface area (Å²) in [6.45, 7) is 6.06. The molecule has 30 heavy (non-hydrogen) atoms. The van der Waals surface area contributed by atoms with Crippen LogP contribution in [0.2, 0.25) is 0 Å². The molecule has 1 fully saturated rings. The van der Waals surface area contributed by atoms with Crippen LogP contribution in [0.4, 0.5) is 0 Å². The van der Waals surface area contributed by atoms with Crippen molar-refractivity contribution in [1.29, 1.82) is 0 Å². The molecule has 2 heterocycles. The number of nitrogens with zero attached hydrogens (tertiary/aromatic N) is 2. The molecular weight excluding hydrogens is 378 g/mol. The van der Waals surface area contributed by atoms with Crippen molar-refractivity contribution in [3.63, 3.8) is 0 Å². The molecule has 1 aliphatic rings. The number of amides is 1. The highest BCUT2D eigenvalue weighted by Crippen LogP contribution is 2.24. The Labute approximate surface area is 177 Å². The van der Waals surface area contributed by atoms with Crippen molar-refractivity contribution in [3.05, 3.63) is 65.9 Å². The van der Waals surface area contributed by atoms with Gasteiger partial charge in [0.25, 0.3) is 0 Å². The van der Waals surface area contributed by atoms with Gasteiger partial charge in [0.1, 0.15) is 12.3 Å². The van der Waals surface area contributed by atoms with E-state index in [1.807, 2.05) is 31.2 Å². The number of nitrogens with one attached hydrogen (secondary N) is 1. The first kappa shape index (κ1) is 20.4. The van der Waals surface area contributed by atoms with E-state index in [4.69, 9.17) is 9.47 Å². The lowest BCUT2D eigenvalue weighted by Crippen LogP contribution is -2.44. The van der Waals surface area contributed by atoms with E-state index in [1.54, 1.807) is 7.11 Å². The highest BCUT2D eigenvalue weighted by Gasteiger charge is 2.23. The summed E-state index contributed by atoms with van der Waals surface area (Å²) in [5.74, 6) is 0.852. The molecule has 1 atom stereocenters. The van der Waals surface area contributed by atoms with Crippen LogP contribution in [0.15, 0.2) is 54.6 Å². The van der Waals surface area contributed by atoms with Gasteiger partial charge in [-0.25, -0.2) is 0 Å². The largest absolute Gasteiger partial charge is 0.497 e. The summed E-state index contributed by atoms with van der Waals surface area (Å²) in [6.07, 6.45) is 0. The Hall–Kier alpha value is -2.83. The van der Waals surface area contributed by atoms with E-state index >= 15 is 0 Å². The molecule has 4 rings (SSSR count). The molecule has 0 saturated carbocycles. The summed E-state index contributed by atoms with van der Waals surface area (Å²) >= 11 is 0. The van der Waals surface area contributed by atoms with Crippen LogP contribution in [0.3, 0.4) is 0 Å². The number of morpholine rings is 1. The third kappa shape index (κ3) is 4.50. The van der Waals surface area contributed by atoms with Crippen molar-refractivity contribution in [2.45, 2.75) is 19.5 Å². The second-order valence-electron chi connectivity index (χ2n) is 7.67. The Morgan fingerprint density at radius 2 is 1.87 bits per heavy atom. The van der Waals surface area contributed by atoms with Gasteiger partial charge in [0, 0.05) is 30.8 Å². The van der Waals surface area contributed by atoms with E-state index in [9.17, 15) is 4.79 Å². The minimum atomic E-state index is 0.0197. The second kappa shape index (κ2) is 9.32. The molecule has 1 saturated heterocycles. The molecule has 2 aromatic carbocycles. The fourth-order valence-electron chi connectivity index (χ4n) is 4.14. The number of aromatic nitrogens is 1. The highest BCUT2D eigenvalue weighted by molar-refractivity contribution is 5.84. The van der Waals surface area contributed by atoms with Gasteiger partial charge in [0.2, 0.25) is 5.91 Å².